The lowest BCUT2D eigenvalue weighted by atomic mass is 9.90. The minimum Gasteiger partial charge on any atom is -0.481 e. The maximum absolute atomic E-state index is 14.1. The number of ether oxygens (including phenoxy) is 2. The molecule has 16 heteroatoms. The molecule has 0 aromatic heterocycles. The lowest BCUT2D eigenvalue weighted by Gasteiger charge is -2.39. The summed E-state index contributed by atoms with van der Waals surface area (Å²) >= 11 is 0. The second kappa shape index (κ2) is 22.3. The molecular weight excluding hydrogens is 713 g/mol. The molecule has 304 valence electrons. The fourth-order valence-electron chi connectivity index (χ4n) is 7.58. The Hall–Kier alpha value is -3.36. The van der Waals surface area contributed by atoms with Gasteiger partial charge >= 0.3 is 5.97 Å². The SMILES string of the molecule is CCC(C)C(C(CC(=O)N1CCCC1C(OC)C(C)C(=O)N[C@@H](Cc1ccccc1)P(O)CC(=O)O)OC)N(C)C(=O)CN=C(N(C)C)N1CCNCC1. The number of methoxy groups -OCH3 is 2. The van der Waals surface area contributed by atoms with Crippen LogP contribution in [-0.2, 0) is 35.1 Å². The zero-order chi connectivity index (χ0) is 39.9. The van der Waals surface area contributed by atoms with E-state index in [0.717, 1.165) is 50.5 Å². The zero-order valence-electron chi connectivity index (χ0n) is 33.4. The average Bonchev–Trinajstić information content (AvgIpc) is 3.64. The number of hydrogen-bond donors (Lipinski definition) is 4. The lowest BCUT2D eigenvalue weighted by Crippen LogP contribution is -2.54. The number of benzene rings is 1. The first kappa shape index (κ1) is 45.0. The lowest BCUT2D eigenvalue weighted by molar-refractivity contribution is -0.145. The minimum atomic E-state index is -2.06. The number of hydrogen-bond acceptors (Lipinski definition) is 9. The summed E-state index contributed by atoms with van der Waals surface area (Å²) in [5.41, 5.74) is 0.857. The number of piperazine rings is 1. The molecule has 1 aromatic rings. The van der Waals surface area contributed by atoms with Crippen molar-refractivity contribution in [3.8, 4) is 0 Å². The van der Waals surface area contributed by atoms with Gasteiger partial charge in [0.25, 0.3) is 0 Å². The highest BCUT2D eigenvalue weighted by Gasteiger charge is 2.42. The fraction of sp³-hybridized carbons (Fsp3) is 0.711. The number of nitrogens with zero attached hydrogens (tertiary/aromatic N) is 5. The summed E-state index contributed by atoms with van der Waals surface area (Å²) in [6, 6.07) is 8.50. The standard InChI is InChI=1S/C38H64N7O8P/c1-9-26(2)35(43(6)33(47)24-40-38(42(4)5)44-20-17-39-18-21-44)30(52-7)23-32(46)45-19-13-16-29(45)36(53-8)27(3)37(50)41-31(54(51)25-34(48)49)22-28-14-11-10-12-15-28/h10-12,14-15,26-27,29-31,35-36,39,51H,9,13,16-25H2,1-8H3,(H,41,50)(H,48,49)/t26?,27?,29?,30?,31-,35?,36?,54?/m1/s1. The number of carbonyl (C=O) groups excluding carboxylic acids is 3. The van der Waals surface area contributed by atoms with Crippen LogP contribution in [0.5, 0.6) is 0 Å². The van der Waals surface area contributed by atoms with E-state index in [2.05, 4.69) is 29.4 Å². The van der Waals surface area contributed by atoms with Crippen molar-refractivity contribution >= 4 is 37.8 Å². The Kier molecular flexibility index (Phi) is 18.6. The molecule has 3 rings (SSSR count). The van der Waals surface area contributed by atoms with Gasteiger partial charge < -0.3 is 49.7 Å². The van der Waals surface area contributed by atoms with Crippen LogP contribution in [0.1, 0.15) is 52.0 Å². The molecule has 3 amide bonds. The molecule has 0 saturated carbocycles. The Balaban J connectivity index is 1.74. The molecule has 0 spiro atoms. The number of likely N-dealkylation sites (tertiary alicyclic amines) is 1. The molecule has 0 aliphatic carbocycles. The minimum absolute atomic E-state index is 0.0222. The van der Waals surface area contributed by atoms with Gasteiger partial charge in [-0.1, -0.05) is 57.5 Å². The molecule has 1 aromatic carbocycles. The maximum Gasteiger partial charge on any atom is 0.310 e. The number of likely N-dealkylation sites (N-methyl/N-ethyl adjacent to an activating group) is 1. The summed E-state index contributed by atoms with van der Waals surface area (Å²) in [5, 5.41) is 15.6. The summed E-state index contributed by atoms with van der Waals surface area (Å²) in [4.78, 5) is 76.1. The van der Waals surface area contributed by atoms with Gasteiger partial charge in [0.05, 0.1) is 56.7 Å². The topological polar surface area (TPSA) is 177 Å². The second-order valence-electron chi connectivity index (χ2n) is 14.6. The summed E-state index contributed by atoms with van der Waals surface area (Å²) < 4.78 is 11.9. The number of carboxylic acids is 1. The van der Waals surface area contributed by atoms with Crippen molar-refractivity contribution < 1.29 is 38.7 Å². The van der Waals surface area contributed by atoms with Crippen molar-refractivity contribution in [3.05, 3.63) is 35.9 Å². The van der Waals surface area contributed by atoms with E-state index in [4.69, 9.17) is 14.5 Å². The van der Waals surface area contributed by atoms with Crippen LogP contribution in [0.15, 0.2) is 35.3 Å². The number of carboxylic acid groups (broad SMARTS) is 1. The van der Waals surface area contributed by atoms with Gasteiger partial charge in [0, 0.05) is 68.1 Å². The Bertz CT molecular complexity index is 1380. The maximum atomic E-state index is 14.1. The molecule has 2 fully saturated rings. The van der Waals surface area contributed by atoms with Gasteiger partial charge in [-0.05, 0) is 30.7 Å². The number of aliphatic carboxylic acids is 1. The van der Waals surface area contributed by atoms with E-state index in [1.54, 1.807) is 30.9 Å². The highest BCUT2D eigenvalue weighted by molar-refractivity contribution is 7.53. The predicted molar refractivity (Wildman–Crippen MR) is 210 cm³/mol. The van der Waals surface area contributed by atoms with Crippen molar-refractivity contribution in [2.45, 2.75) is 82.9 Å². The Labute approximate surface area is 322 Å². The normalized spacial score (nSPS) is 20.3. The number of rotatable bonds is 19. The summed E-state index contributed by atoms with van der Waals surface area (Å²) in [6.45, 7) is 9.60. The first-order chi connectivity index (χ1) is 25.7. The molecule has 15 nitrogen and oxygen atoms in total. The zero-order valence-corrected chi connectivity index (χ0v) is 34.3. The second-order valence-corrected chi connectivity index (χ2v) is 16.4. The number of amides is 3. The van der Waals surface area contributed by atoms with Crippen LogP contribution in [0, 0.1) is 11.8 Å². The average molecular weight is 778 g/mol. The van der Waals surface area contributed by atoms with E-state index < -0.39 is 62.2 Å². The first-order valence-electron chi connectivity index (χ1n) is 19.0. The fourth-order valence-corrected chi connectivity index (χ4v) is 8.77. The van der Waals surface area contributed by atoms with Gasteiger partial charge in [-0.2, -0.15) is 0 Å². The van der Waals surface area contributed by atoms with E-state index in [-0.39, 0.29) is 37.1 Å². The molecular formula is C38H64N7O8P. The third-order valence-electron chi connectivity index (χ3n) is 10.7. The number of carbonyl (C=O) groups is 4. The number of guanidine groups is 1. The molecule has 0 bridgehead atoms. The smallest absolute Gasteiger partial charge is 0.310 e. The summed E-state index contributed by atoms with van der Waals surface area (Å²) in [7, 11) is 6.63. The first-order valence-corrected chi connectivity index (χ1v) is 20.6. The largest absolute Gasteiger partial charge is 0.481 e. The van der Waals surface area contributed by atoms with Crippen molar-refractivity contribution in [2.24, 2.45) is 16.8 Å². The molecule has 2 aliphatic heterocycles. The van der Waals surface area contributed by atoms with E-state index >= 15 is 0 Å². The molecule has 8 atom stereocenters. The predicted octanol–water partition coefficient (Wildman–Crippen LogP) is 1.89. The molecule has 7 unspecified atom stereocenters. The monoisotopic (exact) mass is 777 g/mol. The van der Waals surface area contributed by atoms with Gasteiger partial charge in [0.1, 0.15) is 6.54 Å². The van der Waals surface area contributed by atoms with Crippen molar-refractivity contribution in [1.82, 2.24) is 30.2 Å². The third kappa shape index (κ3) is 12.6. The summed E-state index contributed by atoms with van der Waals surface area (Å²) in [5.74, 6) is -2.57. The molecule has 0 radical (unpaired) electrons. The van der Waals surface area contributed by atoms with Gasteiger partial charge in [-0.15, -0.1) is 0 Å². The van der Waals surface area contributed by atoms with Crippen LogP contribution in [0.2, 0.25) is 0 Å². The van der Waals surface area contributed by atoms with Crippen molar-refractivity contribution in [1.29, 1.82) is 0 Å². The van der Waals surface area contributed by atoms with Crippen LogP contribution in [0.4, 0.5) is 0 Å². The van der Waals surface area contributed by atoms with Gasteiger partial charge in [0.2, 0.25) is 17.7 Å². The Morgan fingerprint density at radius 3 is 2.30 bits per heavy atom. The Morgan fingerprint density at radius 1 is 1.06 bits per heavy atom. The van der Waals surface area contributed by atoms with Crippen molar-refractivity contribution in [2.75, 3.05) is 80.8 Å². The van der Waals surface area contributed by atoms with E-state index in [0.29, 0.717) is 13.0 Å². The molecule has 2 aliphatic rings. The Morgan fingerprint density at radius 2 is 1.72 bits per heavy atom. The highest BCUT2D eigenvalue weighted by atomic mass is 31.1. The van der Waals surface area contributed by atoms with E-state index in [1.807, 2.05) is 49.3 Å². The van der Waals surface area contributed by atoms with E-state index in [1.165, 1.54) is 7.11 Å². The van der Waals surface area contributed by atoms with Crippen LogP contribution < -0.4 is 10.6 Å². The van der Waals surface area contributed by atoms with Crippen molar-refractivity contribution in [3.63, 3.8) is 0 Å². The number of nitrogens with one attached hydrogen (secondary N) is 2. The third-order valence-corrected chi connectivity index (χ3v) is 12.3. The van der Waals surface area contributed by atoms with Gasteiger partial charge in [-0.3, -0.25) is 19.2 Å². The van der Waals surface area contributed by atoms with E-state index in [9.17, 15) is 29.2 Å². The van der Waals surface area contributed by atoms with Gasteiger partial charge in [-0.25, -0.2) is 4.99 Å². The van der Waals surface area contributed by atoms with Gasteiger partial charge in [0.15, 0.2) is 5.96 Å². The van der Waals surface area contributed by atoms with Crippen LogP contribution in [0.25, 0.3) is 0 Å². The molecule has 2 heterocycles. The molecule has 2 saturated heterocycles. The van der Waals surface area contributed by atoms with Crippen LogP contribution >= 0.6 is 8.15 Å². The van der Waals surface area contributed by atoms with Crippen LogP contribution in [0.3, 0.4) is 0 Å². The number of aliphatic imine (C=N–C) groups is 1. The molecule has 4 N–H and O–H groups in total. The summed E-state index contributed by atoms with van der Waals surface area (Å²) in [6.07, 6.45) is 0.720. The quantitative estimate of drug-likeness (QED) is 0.0918. The highest BCUT2D eigenvalue weighted by Crippen LogP contribution is 2.37. The molecule has 54 heavy (non-hydrogen) atoms. The van der Waals surface area contributed by atoms with Crippen LogP contribution in [-0.4, -0.2) is 170 Å².